The highest BCUT2D eigenvalue weighted by Gasteiger charge is 2.12. The van der Waals surface area contributed by atoms with Crippen molar-refractivity contribution in [2.75, 3.05) is 0 Å². The molecule has 1 aromatic rings. The Bertz CT molecular complexity index is 299. The summed E-state index contributed by atoms with van der Waals surface area (Å²) >= 11 is 10.6. The molecule has 0 spiro atoms. The van der Waals surface area contributed by atoms with E-state index in [1.807, 2.05) is 0 Å². The van der Waals surface area contributed by atoms with Gasteiger partial charge in [0.05, 0.1) is 3.74 Å². The minimum Gasteiger partial charge on any atom is -0.0938 e. The number of hydrogen-bond acceptors (Lipinski definition) is 0. The van der Waals surface area contributed by atoms with E-state index in [2.05, 4.69) is 81.7 Å². The first-order valence-corrected chi connectivity index (χ1v) is 6.79. The maximum atomic E-state index is 3.58. The number of benzene rings is 1. The highest BCUT2D eigenvalue weighted by Crippen LogP contribution is 2.35. The minimum atomic E-state index is 0.231. The molecule has 0 nitrogen and oxygen atoms in total. The van der Waals surface area contributed by atoms with Crippen LogP contribution < -0.4 is 5.46 Å². The summed E-state index contributed by atoms with van der Waals surface area (Å²) in [7, 11) is 4.24. The highest BCUT2D eigenvalue weighted by atomic mass is 79.9. The van der Waals surface area contributed by atoms with Crippen molar-refractivity contribution in [1.29, 1.82) is 0 Å². The highest BCUT2D eigenvalue weighted by molar-refractivity contribution is 9.24. The molecule has 13 heavy (non-hydrogen) atoms. The van der Waals surface area contributed by atoms with Crippen molar-refractivity contribution < 1.29 is 0 Å². The second-order valence-electron chi connectivity index (χ2n) is 3.05. The summed E-state index contributed by atoms with van der Waals surface area (Å²) in [5.74, 6) is 0. The van der Waals surface area contributed by atoms with Gasteiger partial charge in [-0.05, 0) is 11.1 Å². The average molecular weight is 366 g/mol. The molecule has 0 saturated heterocycles. The molecule has 0 aliphatic carbocycles. The van der Waals surface area contributed by atoms with E-state index in [4.69, 9.17) is 0 Å². The van der Waals surface area contributed by atoms with Gasteiger partial charge in [-0.25, -0.2) is 0 Å². The minimum absolute atomic E-state index is 0.231. The zero-order valence-corrected chi connectivity index (χ0v) is 12.3. The fourth-order valence-corrected chi connectivity index (χ4v) is 2.46. The Labute approximate surface area is 106 Å². The quantitative estimate of drug-likeness (QED) is 0.553. The molecule has 0 bridgehead atoms. The predicted octanol–water partition coefficient (Wildman–Crippen LogP) is 1.76. The Hall–Kier alpha value is 0.790. The number of halogens is 3. The topological polar surface area (TPSA) is 0 Å². The third-order valence-corrected chi connectivity index (χ3v) is 3.39. The van der Waals surface area contributed by atoms with Crippen molar-refractivity contribution in [3.63, 3.8) is 0 Å². The number of alkyl halides is 3. The molecule has 1 atom stereocenters. The van der Waals surface area contributed by atoms with Crippen molar-refractivity contribution in [3.8, 4) is 0 Å². The second kappa shape index (κ2) is 5.04. The van der Waals surface area contributed by atoms with Gasteiger partial charge in [0, 0.05) is 4.73 Å². The van der Waals surface area contributed by atoms with Crippen molar-refractivity contribution in [2.45, 2.75) is 8.46 Å². The summed E-state index contributed by atoms with van der Waals surface area (Å²) in [6, 6.07) is 6.50. The monoisotopic (exact) mass is 364 g/mol. The first-order valence-electron chi connectivity index (χ1n) is 4.05. The van der Waals surface area contributed by atoms with Gasteiger partial charge in [0.25, 0.3) is 0 Å². The molecule has 0 heterocycles. The first-order chi connectivity index (χ1) is 6.02. The van der Waals surface area contributed by atoms with E-state index >= 15 is 0 Å². The van der Waals surface area contributed by atoms with Crippen LogP contribution in [0.1, 0.15) is 19.6 Å². The van der Waals surface area contributed by atoms with Gasteiger partial charge in [0.2, 0.25) is 0 Å². The average Bonchev–Trinajstić information content (AvgIpc) is 2.03. The lowest BCUT2D eigenvalue weighted by molar-refractivity contribution is 1.28. The fourth-order valence-electron chi connectivity index (χ4n) is 1.25. The molecule has 0 amide bonds. The normalized spacial score (nSPS) is 13.2. The lowest BCUT2D eigenvalue weighted by Crippen LogP contribution is -2.06. The molecule has 0 fully saturated rings. The van der Waals surface area contributed by atoms with Crippen LogP contribution in [-0.4, -0.2) is 15.7 Å². The lowest BCUT2D eigenvalue weighted by Gasteiger charge is -2.13. The summed E-state index contributed by atoms with van der Waals surface area (Å²) in [5, 5.41) is 0. The summed E-state index contributed by atoms with van der Waals surface area (Å²) < 4.78 is 0.621. The number of rotatable bonds is 2. The standard InChI is InChI=1S/C8H9B2Br3/c9-4-1-2-5(7(10)11)6(3-4)8(12)13/h1-3,7-8H,9-10H2. The molecule has 1 unspecified atom stereocenters. The van der Waals surface area contributed by atoms with E-state index in [0.29, 0.717) is 4.73 Å². The third-order valence-electron chi connectivity index (χ3n) is 1.91. The number of hydrogen-bond donors (Lipinski definition) is 0. The van der Waals surface area contributed by atoms with E-state index < -0.39 is 0 Å². The van der Waals surface area contributed by atoms with E-state index in [9.17, 15) is 0 Å². The molecule has 1 aromatic carbocycles. The van der Waals surface area contributed by atoms with Gasteiger partial charge in [-0.1, -0.05) is 71.5 Å². The Morgan fingerprint density at radius 2 is 1.69 bits per heavy atom. The van der Waals surface area contributed by atoms with Crippen LogP contribution in [0.15, 0.2) is 18.2 Å². The smallest absolute Gasteiger partial charge is 0.0938 e. The van der Waals surface area contributed by atoms with Gasteiger partial charge < -0.3 is 0 Å². The molecule has 0 N–H and O–H groups in total. The molecule has 0 saturated carbocycles. The summed E-state index contributed by atoms with van der Waals surface area (Å²) in [4.78, 5) is 0. The van der Waals surface area contributed by atoms with Crippen molar-refractivity contribution in [2.24, 2.45) is 0 Å². The van der Waals surface area contributed by atoms with Gasteiger partial charge in [0.1, 0.15) is 15.7 Å². The van der Waals surface area contributed by atoms with Gasteiger partial charge in [-0.2, -0.15) is 0 Å². The Morgan fingerprint density at radius 3 is 2.15 bits per heavy atom. The Kier molecular flexibility index (Phi) is 4.59. The van der Waals surface area contributed by atoms with E-state index in [1.165, 1.54) is 16.6 Å². The van der Waals surface area contributed by atoms with Crippen molar-refractivity contribution >= 4 is 68.9 Å². The summed E-state index contributed by atoms with van der Waals surface area (Å²) in [6.07, 6.45) is 0. The van der Waals surface area contributed by atoms with Crippen LogP contribution >= 0.6 is 47.8 Å². The van der Waals surface area contributed by atoms with Crippen molar-refractivity contribution in [3.05, 3.63) is 29.3 Å². The van der Waals surface area contributed by atoms with Gasteiger partial charge in [0.15, 0.2) is 0 Å². The Balaban J connectivity index is 3.19. The maximum absolute atomic E-state index is 3.58. The Morgan fingerprint density at radius 1 is 1.08 bits per heavy atom. The van der Waals surface area contributed by atoms with Crippen LogP contribution in [0, 0.1) is 0 Å². The van der Waals surface area contributed by atoms with Gasteiger partial charge >= 0.3 is 0 Å². The van der Waals surface area contributed by atoms with E-state index in [-0.39, 0.29) is 3.74 Å². The van der Waals surface area contributed by atoms with Crippen molar-refractivity contribution in [1.82, 2.24) is 0 Å². The molecule has 5 heteroatoms. The summed E-state index contributed by atoms with van der Waals surface area (Å²) in [5.41, 5.74) is 3.91. The molecule has 0 radical (unpaired) electrons. The zero-order valence-electron chi connectivity index (χ0n) is 7.52. The molecule has 68 valence electrons. The molecule has 0 aliphatic heterocycles. The zero-order chi connectivity index (χ0) is 10.0. The van der Waals surface area contributed by atoms with Crippen LogP contribution in [0.2, 0.25) is 0 Å². The fraction of sp³-hybridized carbons (Fsp3) is 0.250. The van der Waals surface area contributed by atoms with Gasteiger partial charge in [-0.3, -0.25) is 0 Å². The predicted molar refractivity (Wildman–Crippen MR) is 75.4 cm³/mol. The van der Waals surface area contributed by atoms with E-state index in [0.717, 1.165) is 0 Å². The van der Waals surface area contributed by atoms with Crippen LogP contribution in [0.5, 0.6) is 0 Å². The van der Waals surface area contributed by atoms with Crippen LogP contribution in [0.3, 0.4) is 0 Å². The first kappa shape index (κ1) is 11.9. The third kappa shape index (κ3) is 3.14. The van der Waals surface area contributed by atoms with Gasteiger partial charge in [-0.15, -0.1) is 0 Å². The van der Waals surface area contributed by atoms with E-state index in [1.54, 1.807) is 0 Å². The lowest BCUT2D eigenvalue weighted by atomic mass is 9.87. The SMILES string of the molecule is Bc1ccc(C(B)Br)c(C(Br)Br)c1. The second-order valence-corrected chi connectivity index (χ2v) is 7.48. The molecular formula is C8H9B2Br3. The molecular weight excluding hydrogens is 357 g/mol. The maximum Gasteiger partial charge on any atom is 0.139 e. The van der Waals surface area contributed by atoms with Crippen LogP contribution in [0.25, 0.3) is 0 Å². The van der Waals surface area contributed by atoms with Crippen LogP contribution in [0.4, 0.5) is 0 Å². The molecule has 0 aliphatic rings. The molecule has 1 rings (SSSR count). The van der Waals surface area contributed by atoms with Crippen LogP contribution in [-0.2, 0) is 0 Å². The summed E-state index contributed by atoms with van der Waals surface area (Å²) in [6.45, 7) is 0. The molecule has 0 aromatic heterocycles. The largest absolute Gasteiger partial charge is 0.139 e.